The van der Waals surface area contributed by atoms with Gasteiger partial charge in [-0.25, -0.2) is 0 Å². The van der Waals surface area contributed by atoms with E-state index >= 15 is 0 Å². The van der Waals surface area contributed by atoms with Crippen LogP contribution < -0.4 is 0 Å². The van der Waals surface area contributed by atoms with Crippen LogP contribution in [0.3, 0.4) is 0 Å². The van der Waals surface area contributed by atoms with Gasteiger partial charge in [-0.2, -0.15) is 0 Å². The highest BCUT2D eigenvalue weighted by Crippen LogP contribution is 2.66. The lowest BCUT2D eigenvalue weighted by Crippen LogP contribution is -2.53. The van der Waals surface area contributed by atoms with E-state index in [9.17, 15) is 4.79 Å². The fraction of sp³-hybridized carbons (Fsp3) is 0.710. The van der Waals surface area contributed by atoms with Crippen molar-refractivity contribution < 1.29 is 9.22 Å². The minimum absolute atomic E-state index is 0.249. The second kappa shape index (κ2) is 9.17. The number of fused-ring (bicyclic) bond motifs is 5. The molecule has 3 fully saturated rings. The number of benzene rings is 1. The van der Waals surface area contributed by atoms with Crippen LogP contribution in [0.5, 0.6) is 0 Å². The molecule has 7 atom stereocenters. The van der Waals surface area contributed by atoms with Gasteiger partial charge in [0.2, 0.25) is 0 Å². The smallest absolute Gasteiger partial charge is 0.192 e. The number of allylic oxidation sites excluding steroid dienone is 1. The van der Waals surface area contributed by atoms with Crippen molar-refractivity contribution in [3.05, 3.63) is 41.5 Å². The number of hydrogen-bond donors (Lipinski definition) is 0. The van der Waals surface area contributed by atoms with Crippen molar-refractivity contribution in [2.45, 2.75) is 108 Å². The van der Waals surface area contributed by atoms with Gasteiger partial charge >= 0.3 is 0 Å². The van der Waals surface area contributed by atoms with Crippen LogP contribution in [0.2, 0.25) is 18.1 Å². The maximum atomic E-state index is 12.4. The summed E-state index contributed by atoms with van der Waals surface area (Å²) in [5, 5.41) is 0.249. The van der Waals surface area contributed by atoms with E-state index in [4.69, 9.17) is 4.43 Å². The van der Waals surface area contributed by atoms with E-state index in [-0.39, 0.29) is 10.5 Å². The van der Waals surface area contributed by atoms with Crippen molar-refractivity contribution in [1.82, 2.24) is 0 Å². The summed E-state index contributed by atoms with van der Waals surface area (Å²) >= 11 is 1.82. The van der Waals surface area contributed by atoms with Gasteiger partial charge in [-0.1, -0.05) is 45.4 Å². The van der Waals surface area contributed by atoms with Crippen molar-refractivity contribution in [3.8, 4) is 0 Å². The predicted octanol–water partition coefficient (Wildman–Crippen LogP) is 8.63. The topological polar surface area (TPSA) is 26.3 Å². The second-order valence-corrected chi connectivity index (χ2v) is 19.4. The van der Waals surface area contributed by atoms with Gasteiger partial charge in [0.05, 0.1) is 6.10 Å². The molecular formula is C31H46O2SSi. The Morgan fingerprint density at radius 2 is 1.74 bits per heavy atom. The predicted molar refractivity (Wildman–Crippen MR) is 151 cm³/mol. The summed E-state index contributed by atoms with van der Waals surface area (Å²) < 4.78 is 7.19. The standard InChI is InChI=1S/C31H46O2SSi/c1-30(2,3)35(6,7)33-28-15-14-27-29-25(16-17-31(27,28)4)24-13-10-22(32)18-21(24)19-26(29)20-8-11-23(34-5)12-9-20/h8-9,11-12,18,24-29H,10,13-17,19H2,1-7H3/t24-,25+,26-,27-,28-,29-,31-/m0/s1. The van der Waals surface area contributed by atoms with Crippen LogP contribution >= 0.6 is 11.8 Å². The minimum atomic E-state index is -1.81. The van der Waals surface area contributed by atoms with Crippen LogP contribution in [0.15, 0.2) is 40.8 Å². The summed E-state index contributed by atoms with van der Waals surface area (Å²) in [5.74, 6) is 3.66. The Morgan fingerprint density at radius 3 is 2.40 bits per heavy atom. The molecule has 0 N–H and O–H groups in total. The molecule has 5 rings (SSSR count). The normalized spacial score (nSPS) is 37.3. The van der Waals surface area contributed by atoms with Crippen LogP contribution in [-0.4, -0.2) is 26.5 Å². The summed E-state index contributed by atoms with van der Waals surface area (Å²) in [7, 11) is -1.81. The molecule has 192 valence electrons. The minimum Gasteiger partial charge on any atom is -0.413 e. The molecule has 1 aromatic carbocycles. The highest BCUT2D eigenvalue weighted by molar-refractivity contribution is 7.98. The molecule has 0 amide bonds. The number of carbonyl (C=O) groups excluding carboxylic acids is 1. The number of carbonyl (C=O) groups is 1. The van der Waals surface area contributed by atoms with Gasteiger partial charge in [0.1, 0.15) is 0 Å². The van der Waals surface area contributed by atoms with Crippen LogP contribution in [-0.2, 0) is 9.22 Å². The largest absolute Gasteiger partial charge is 0.413 e. The van der Waals surface area contributed by atoms with E-state index in [1.54, 1.807) is 0 Å². The third-order valence-corrected chi connectivity index (χ3v) is 16.3. The molecule has 0 aliphatic heterocycles. The lowest BCUT2D eigenvalue weighted by atomic mass is 9.48. The van der Waals surface area contributed by atoms with Gasteiger partial charge in [-0.15, -0.1) is 11.8 Å². The number of rotatable bonds is 4. The lowest BCUT2D eigenvalue weighted by Gasteiger charge is -2.57. The summed E-state index contributed by atoms with van der Waals surface area (Å²) in [6.07, 6.45) is 12.6. The van der Waals surface area contributed by atoms with E-state index in [0.29, 0.717) is 29.6 Å². The van der Waals surface area contributed by atoms with E-state index in [2.05, 4.69) is 77.4 Å². The fourth-order valence-electron chi connectivity index (χ4n) is 8.10. The van der Waals surface area contributed by atoms with Gasteiger partial charge < -0.3 is 4.43 Å². The van der Waals surface area contributed by atoms with Gasteiger partial charge in [0.25, 0.3) is 0 Å². The lowest BCUT2D eigenvalue weighted by molar-refractivity contribution is -0.116. The van der Waals surface area contributed by atoms with E-state index in [0.717, 1.165) is 31.1 Å². The Kier molecular flexibility index (Phi) is 6.76. The Morgan fingerprint density at radius 1 is 1.03 bits per heavy atom. The zero-order valence-electron chi connectivity index (χ0n) is 23.0. The van der Waals surface area contributed by atoms with Crippen LogP contribution in [0, 0.1) is 29.1 Å². The first-order chi connectivity index (χ1) is 16.4. The van der Waals surface area contributed by atoms with Crippen LogP contribution in [0.1, 0.15) is 84.1 Å². The van der Waals surface area contributed by atoms with Crippen molar-refractivity contribution in [2.75, 3.05) is 6.26 Å². The van der Waals surface area contributed by atoms with E-state index in [1.807, 2.05) is 11.8 Å². The van der Waals surface area contributed by atoms with Gasteiger partial charge in [0, 0.05) is 11.3 Å². The molecule has 0 heterocycles. The first-order valence-corrected chi connectivity index (χ1v) is 18.1. The molecule has 0 radical (unpaired) electrons. The molecule has 0 bridgehead atoms. The van der Waals surface area contributed by atoms with Crippen molar-refractivity contribution >= 4 is 25.9 Å². The molecule has 4 aliphatic rings. The van der Waals surface area contributed by atoms with Gasteiger partial charge in [-0.05, 0) is 122 Å². The molecule has 0 unspecified atom stereocenters. The molecule has 2 nitrogen and oxygen atoms in total. The molecular weight excluding hydrogens is 464 g/mol. The molecule has 0 aromatic heterocycles. The molecule has 0 saturated heterocycles. The number of ketones is 1. The highest BCUT2D eigenvalue weighted by atomic mass is 32.2. The van der Waals surface area contributed by atoms with Crippen molar-refractivity contribution in [1.29, 1.82) is 0 Å². The van der Waals surface area contributed by atoms with Crippen LogP contribution in [0.25, 0.3) is 0 Å². The Labute approximate surface area is 219 Å². The summed E-state index contributed by atoms with van der Waals surface area (Å²) in [6.45, 7) is 14.6. The monoisotopic (exact) mass is 510 g/mol. The van der Waals surface area contributed by atoms with E-state index < -0.39 is 8.32 Å². The third-order valence-electron chi connectivity index (χ3n) is 11.0. The van der Waals surface area contributed by atoms with Gasteiger partial charge in [0.15, 0.2) is 14.1 Å². The first-order valence-electron chi connectivity index (χ1n) is 14.0. The summed E-state index contributed by atoms with van der Waals surface area (Å²) in [4.78, 5) is 13.7. The fourth-order valence-corrected chi connectivity index (χ4v) is 9.96. The zero-order valence-corrected chi connectivity index (χ0v) is 24.8. The molecule has 3 saturated carbocycles. The van der Waals surface area contributed by atoms with Crippen molar-refractivity contribution in [2.24, 2.45) is 29.1 Å². The highest BCUT2D eigenvalue weighted by Gasteiger charge is 2.60. The third kappa shape index (κ3) is 4.44. The Hall–Kier alpha value is -0.843. The maximum absolute atomic E-state index is 12.4. The molecule has 4 aliphatic carbocycles. The van der Waals surface area contributed by atoms with Crippen LogP contribution in [0.4, 0.5) is 0 Å². The molecule has 35 heavy (non-hydrogen) atoms. The Bertz CT molecular complexity index is 990. The second-order valence-electron chi connectivity index (χ2n) is 13.8. The molecule has 1 aromatic rings. The van der Waals surface area contributed by atoms with Crippen molar-refractivity contribution in [3.63, 3.8) is 0 Å². The van der Waals surface area contributed by atoms with E-state index in [1.165, 1.54) is 41.7 Å². The number of thioether (sulfide) groups is 1. The summed E-state index contributed by atoms with van der Waals surface area (Å²) in [5.41, 5.74) is 3.24. The molecule has 0 spiro atoms. The summed E-state index contributed by atoms with van der Waals surface area (Å²) in [6, 6.07) is 9.40. The quantitative estimate of drug-likeness (QED) is 0.299. The SMILES string of the molecule is CSc1ccc([C@@H]2CC3=CC(=O)CC[C@@H]3[C@H]3CC[C@]4(C)[C@@H](O[Si](C)(C)C(C)(C)C)CC[C@H]4[C@@H]32)cc1. The first kappa shape index (κ1) is 25.8. The molecule has 4 heteroatoms. The average Bonchev–Trinajstić information content (AvgIpc) is 3.13. The maximum Gasteiger partial charge on any atom is 0.192 e. The number of hydrogen-bond acceptors (Lipinski definition) is 3. The van der Waals surface area contributed by atoms with Gasteiger partial charge in [-0.3, -0.25) is 4.79 Å². The Balaban J connectivity index is 1.50. The average molecular weight is 511 g/mol. The zero-order chi connectivity index (χ0) is 25.2.